The summed E-state index contributed by atoms with van der Waals surface area (Å²) >= 11 is 0. The lowest BCUT2D eigenvalue weighted by Gasteiger charge is -2.23. The SMILES string of the molecule is COc1ccc(CC(=O)N2CCCN(S(=O)(=O)NC(C)C)CC2)cc1. The first-order valence-electron chi connectivity index (χ1n) is 8.50. The highest BCUT2D eigenvalue weighted by Gasteiger charge is 2.27. The zero-order valence-corrected chi connectivity index (χ0v) is 15.9. The summed E-state index contributed by atoms with van der Waals surface area (Å²) in [7, 11) is -1.89. The van der Waals surface area contributed by atoms with Gasteiger partial charge in [-0.2, -0.15) is 17.4 Å². The Hall–Kier alpha value is -1.64. The Morgan fingerprint density at radius 1 is 1.16 bits per heavy atom. The number of nitrogens with zero attached hydrogens (tertiary/aromatic N) is 2. The van der Waals surface area contributed by atoms with Crippen molar-refractivity contribution in [1.82, 2.24) is 13.9 Å². The van der Waals surface area contributed by atoms with Crippen molar-refractivity contribution >= 4 is 16.1 Å². The van der Waals surface area contributed by atoms with Crippen LogP contribution in [0.4, 0.5) is 0 Å². The fraction of sp³-hybridized carbons (Fsp3) is 0.588. The predicted octanol–water partition coefficient (Wildman–Crippen LogP) is 1.01. The molecule has 1 N–H and O–H groups in total. The van der Waals surface area contributed by atoms with Crippen molar-refractivity contribution in [3.8, 4) is 5.75 Å². The van der Waals surface area contributed by atoms with Crippen molar-refractivity contribution in [1.29, 1.82) is 0 Å². The van der Waals surface area contributed by atoms with E-state index in [4.69, 9.17) is 4.74 Å². The molecule has 7 nitrogen and oxygen atoms in total. The normalized spacial score (nSPS) is 16.7. The van der Waals surface area contributed by atoms with Gasteiger partial charge in [0.25, 0.3) is 10.2 Å². The number of ether oxygens (including phenoxy) is 1. The van der Waals surface area contributed by atoms with E-state index in [-0.39, 0.29) is 11.9 Å². The number of hydrogen-bond donors (Lipinski definition) is 1. The molecule has 2 rings (SSSR count). The van der Waals surface area contributed by atoms with Crippen molar-refractivity contribution in [3.05, 3.63) is 29.8 Å². The van der Waals surface area contributed by atoms with E-state index < -0.39 is 10.2 Å². The predicted molar refractivity (Wildman–Crippen MR) is 96.7 cm³/mol. The van der Waals surface area contributed by atoms with Crippen molar-refractivity contribution in [2.75, 3.05) is 33.3 Å². The highest BCUT2D eigenvalue weighted by atomic mass is 32.2. The molecule has 25 heavy (non-hydrogen) atoms. The Morgan fingerprint density at radius 3 is 2.44 bits per heavy atom. The topological polar surface area (TPSA) is 79.0 Å². The molecule has 1 aliphatic rings. The average Bonchev–Trinajstić information content (AvgIpc) is 2.81. The van der Waals surface area contributed by atoms with Crippen LogP contribution < -0.4 is 9.46 Å². The number of nitrogens with one attached hydrogen (secondary N) is 1. The third-order valence-electron chi connectivity index (χ3n) is 4.05. The monoisotopic (exact) mass is 369 g/mol. The molecule has 0 saturated carbocycles. The number of amides is 1. The Bertz CT molecular complexity index is 674. The summed E-state index contributed by atoms with van der Waals surface area (Å²) in [4.78, 5) is 14.3. The number of rotatable bonds is 6. The van der Waals surface area contributed by atoms with Gasteiger partial charge in [-0.3, -0.25) is 4.79 Å². The van der Waals surface area contributed by atoms with E-state index in [0.29, 0.717) is 39.0 Å². The standard InChI is InChI=1S/C17H27N3O4S/c1-14(2)18-25(22,23)20-10-4-9-19(11-12-20)17(21)13-15-5-7-16(24-3)8-6-15/h5-8,14,18H,4,9-13H2,1-3H3. The van der Waals surface area contributed by atoms with Gasteiger partial charge in [-0.05, 0) is 38.0 Å². The van der Waals surface area contributed by atoms with Gasteiger partial charge in [-0.25, -0.2) is 0 Å². The molecule has 0 spiro atoms. The van der Waals surface area contributed by atoms with Crippen LogP contribution in [0.2, 0.25) is 0 Å². The maximum atomic E-state index is 12.5. The fourth-order valence-corrected chi connectivity index (χ4v) is 4.22. The third kappa shape index (κ3) is 5.69. The highest BCUT2D eigenvalue weighted by Crippen LogP contribution is 2.14. The van der Waals surface area contributed by atoms with Gasteiger partial charge in [-0.15, -0.1) is 0 Å². The van der Waals surface area contributed by atoms with E-state index in [0.717, 1.165) is 11.3 Å². The lowest BCUT2D eigenvalue weighted by Crippen LogP contribution is -2.45. The van der Waals surface area contributed by atoms with Crippen LogP contribution >= 0.6 is 0 Å². The van der Waals surface area contributed by atoms with Crippen LogP contribution in [0.25, 0.3) is 0 Å². The van der Waals surface area contributed by atoms with Gasteiger partial charge in [-0.1, -0.05) is 12.1 Å². The summed E-state index contributed by atoms with van der Waals surface area (Å²) in [6.07, 6.45) is 0.939. The minimum Gasteiger partial charge on any atom is -0.497 e. The number of carbonyl (C=O) groups excluding carboxylic acids is 1. The summed E-state index contributed by atoms with van der Waals surface area (Å²) in [5.74, 6) is 0.769. The Balaban J connectivity index is 1.94. The Kier molecular flexibility index (Phi) is 6.80. The van der Waals surface area contributed by atoms with Gasteiger partial charge in [0.15, 0.2) is 0 Å². The molecule has 8 heteroatoms. The van der Waals surface area contributed by atoms with Crippen LogP contribution in [0.3, 0.4) is 0 Å². The number of carbonyl (C=O) groups is 1. The molecule has 0 radical (unpaired) electrons. The van der Waals surface area contributed by atoms with E-state index in [2.05, 4.69) is 4.72 Å². The lowest BCUT2D eigenvalue weighted by atomic mass is 10.1. The van der Waals surface area contributed by atoms with E-state index >= 15 is 0 Å². The van der Waals surface area contributed by atoms with Gasteiger partial charge >= 0.3 is 0 Å². The van der Waals surface area contributed by atoms with E-state index in [1.807, 2.05) is 24.3 Å². The molecule has 1 aromatic rings. The van der Waals surface area contributed by atoms with Crippen LogP contribution in [0.15, 0.2) is 24.3 Å². The molecular weight excluding hydrogens is 342 g/mol. The Morgan fingerprint density at radius 2 is 1.84 bits per heavy atom. The number of hydrogen-bond acceptors (Lipinski definition) is 4. The maximum absolute atomic E-state index is 12.5. The molecule has 0 bridgehead atoms. The fourth-order valence-electron chi connectivity index (χ4n) is 2.79. The molecule has 1 fully saturated rings. The highest BCUT2D eigenvalue weighted by molar-refractivity contribution is 7.87. The summed E-state index contributed by atoms with van der Waals surface area (Å²) in [5.41, 5.74) is 0.918. The van der Waals surface area contributed by atoms with Crippen molar-refractivity contribution in [3.63, 3.8) is 0 Å². The zero-order valence-electron chi connectivity index (χ0n) is 15.1. The van der Waals surface area contributed by atoms with Crippen molar-refractivity contribution in [2.45, 2.75) is 32.7 Å². The molecule has 1 aromatic carbocycles. The molecular formula is C17H27N3O4S. The smallest absolute Gasteiger partial charge is 0.279 e. The second-order valence-corrected chi connectivity index (χ2v) is 8.14. The van der Waals surface area contributed by atoms with Gasteiger partial charge in [0.1, 0.15) is 5.75 Å². The summed E-state index contributed by atoms with van der Waals surface area (Å²) < 4.78 is 33.7. The summed E-state index contributed by atoms with van der Waals surface area (Å²) in [6.45, 7) is 5.31. The lowest BCUT2D eigenvalue weighted by molar-refractivity contribution is -0.130. The molecule has 140 valence electrons. The molecule has 1 amide bonds. The minimum atomic E-state index is -3.49. The van der Waals surface area contributed by atoms with Gasteiger partial charge < -0.3 is 9.64 Å². The zero-order chi connectivity index (χ0) is 18.4. The molecule has 1 heterocycles. The van der Waals surface area contributed by atoms with Crippen LogP contribution in [0.1, 0.15) is 25.8 Å². The number of methoxy groups -OCH3 is 1. The minimum absolute atomic E-state index is 0.0150. The first-order chi connectivity index (χ1) is 11.8. The van der Waals surface area contributed by atoms with E-state index in [9.17, 15) is 13.2 Å². The van der Waals surface area contributed by atoms with E-state index in [1.54, 1.807) is 25.9 Å². The maximum Gasteiger partial charge on any atom is 0.279 e. The Labute approximate surface area is 150 Å². The quantitative estimate of drug-likeness (QED) is 0.812. The van der Waals surface area contributed by atoms with Gasteiger partial charge in [0, 0.05) is 32.2 Å². The van der Waals surface area contributed by atoms with Crippen LogP contribution in [0, 0.1) is 0 Å². The molecule has 0 aromatic heterocycles. The second-order valence-electron chi connectivity index (χ2n) is 6.44. The van der Waals surface area contributed by atoms with Crippen molar-refractivity contribution in [2.24, 2.45) is 0 Å². The largest absolute Gasteiger partial charge is 0.497 e. The van der Waals surface area contributed by atoms with Crippen LogP contribution in [0.5, 0.6) is 5.75 Å². The number of benzene rings is 1. The summed E-state index contributed by atoms with van der Waals surface area (Å²) in [5, 5.41) is 0. The van der Waals surface area contributed by atoms with E-state index in [1.165, 1.54) is 4.31 Å². The second kappa shape index (κ2) is 8.64. The molecule has 1 saturated heterocycles. The molecule has 0 aliphatic carbocycles. The third-order valence-corrected chi connectivity index (χ3v) is 5.86. The van der Waals surface area contributed by atoms with Crippen LogP contribution in [-0.4, -0.2) is 62.9 Å². The van der Waals surface area contributed by atoms with Gasteiger partial charge in [0.2, 0.25) is 5.91 Å². The molecule has 1 aliphatic heterocycles. The first-order valence-corrected chi connectivity index (χ1v) is 9.94. The van der Waals surface area contributed by atoms with Gasteiger partial charge in [0.05, 0.1) is 13.5 Å². The molecule has 0 atom stereocenters. The first kappa shape index (κ1) is 19.7. The van der Waals surface area contributed by atoms with Crippen molar-refractivity contribution < 1.29 is 17.9 Å². The molecule has 0 unspecified atom stereocenters. The average molecular weight is 369 g/mol. The summed E-state index contributed by atoms with van der Waals surface area (Å²) in [6, 6.07) is 7.25. The van der Waals surface area contributed by atoms with Crippen LogP contribution in [-0.2, 0) is 21.4 Å².